The molecule has 10 heteroatoms. The van der Waals surface area contributed by atoms with Crippen LogP contribution in [-0.2, 0) is 10.0 Å². The van der Waals surface area contributed by atoms with Crippen molar-refractivity contribution in [2.24, 2.45) is 11.7 Å². The summed E-state index contributed by atoms with van der Waals surface area (Å²) in [5.41, 5.74) is 6.18. The summed E-state index contributed by atoms with van der Waals surface area (Å²) in [5.74, 6) is 0.439. The van der Waals surface area contributed by atoms with Crippen molar-refractivity contribution in [3.63, 3.8) is 0 Å². The smallest absolute Gasteiger partial charge is 0.251 e. The van der Waals surface area contributed by atoms with Crippen LogP contribution in [0.3, 0.4) is 0 Å². The summed E-state index contributed by atoms with van der Waals surface area (Å²) in [6, 6.07) is 2.98. The molecule has 4 N–H and O–H groups in total. The highest BCUT2D eigenvalue weighted by atomic mass is 35.5. The molecule has 1 saturated carbocycles. The Labute approximate surface area is 160 Å². The van der Waals surface area contributed by atoms with E-state index in [0.29, 0.717) is 6.54 Å². The van der Waals surface area contributed by atoms with Crippen LogP contribution in [0.1, 0.15) is 29.6 Å². The van der Waals surface area contributed by atoms with E-state index in [1.807, 2.05) is 0 Å². The molecule has 2 atom stereocenters. The Balaban J connectivity index is 0.00000338. The molecule has 0 bridgehead atoms. The van der Waals surface area contributed by atoms with E-state index >= 15 is 0 Å². The molecule has 8 nitrogen and oxygen atoms in total. The van der Waals surface area contributed by atoms with E-state index in [1.54, 1.807) is 0 Å². The summed E-state index contributed by atoms with van der Waals surface area (Å²) in [6.07, 6.45) is 3.93. The van der Waals surface area contributed by atoms with Gasteiger partial charge in [0.2, 0.25) is 10.0 Å². The third kappa shape index (κ3) is 5.39. The molecule has 1 fully saturated rings. The van der Waals surface area contributed by atoms with Crippen molar-refractivity contribution in [1.29, 1.82) is 0 Å². The van der Waals surface area contributed by atoms with Gasteiger partial charge in [-0.2, -0.15) is 0 Å². The first-order chi connectivity index (χ1) is 11.8. The summed E-state index contributed by atoms with van der Waals surface area (Å²) >= 11 is 0. The van der Waals surface area contributed by atoms with Gasteiger partial charge in [0, 0.05) is 11.6 Å². The van der Waals surface area contributed by atoms with E-state index in [9.17, 15) is 13.2 Å². The summed E-state index contributed by atoms with van der Waals surface area (Å²) in [4.78, 5) is 12.6. The molecule has 26 heavy (non-hydrogen) atoms. The topological polar surface area (TPSA) is 120 Å². The minimum absolute atomic E-state index is 0. The van der Waals surface area contributed by atoms with Crippen LogP contribution in [0.15, 0.2) is 12.1 Å². The van der Waals surface area contributed by atoms with Crippen LogP contribution in [0.4, 0.5) is 5.69 Å². The highest BCUT2D eigenvalue weighted by molar-refractivity contribution is 7.92. The summed E-state index contributed by atoms with van der Waals surface area (Å²) in [6.45, 7) is 0.526. The molecule has 0 heterocycles. The lowest BCUT2D eigenvalue weighted by atomic mass is 10.0. The monoisotopic (exact) mass is 407 g/mol. The van der Waals surface area contributed by atoms with E-state index in [0.717, 1.165) is 25.5 Å². The molecule has 0 spiro atoms. The molecule has 1 aliphatic carbocycles. The first-order valence-electron chi connectivity index (χ1n) is 8.03. The maximum Gasteiger partial charge on any atom is 0.251 e. The summed E-state index contributed by atoms with van der Waals surface area (Å²) in [7, 11) is -0.726. The standard InChI is InChI=1S/C16H25N3O5S.ClH/c1-23-14-8-11(7-13(15(14)24-2)19-25(3,21)22)16(20)18-12-6-4-5-10(12)9-17;/h7-8,10,12,19H,4-6,9,17H2,1-3H3,(H,18,20);1H. The lowest BCUT2D eigenvalue weighted by Gasteiger charge is -2.20. The van der Waals surface area contributed by atoms with Crippen LogP contribution in [0, 0.1) is 5.92 Å². The Kier molecular flexibility index (Phi) is 7.98. The van der Waals surface area contributed by atoms with Crippen molar-refractivity contribution < 1.29 is 22.7 Å². The Morgan fingerprint density at radius 3 is 2.50 bits per heavy atom. The van der Waals surface area contributed by atoms with Crippen molar-refractivity contribution in [3.05, 3.63) is 17.7 Å². The number of rotatable bonds is 7. The number of carbonyl (C=O) groups excluding carboxylic acids is 1. The zero-order chi connectivity index (χ0) is 18.6. The molecule has 0 aliphatic heterocycles. The highest BCUT2D eigenvalue weighted by Crippen LogP contribution is 2.37. The fraction of sp³-hybridized carbons (Fsp3) is 0.562. The molecular formula is C16H26ClN3O5S. The molecule has 0 saturated heterocycles. The molecule has 1 amide bonds. The number of sulfonamides is 1. The number of hydrogen-bond acceptors (Lipinski definition) is 6. The van der Waals surface area contributed by atoms with Crippen molar-refractivity contribution in [2.45, 2.75) is 25.3 Å². The van der Waals surface area contributed by atoms with Crippen molar-refractivity contribution in [3.8, 4) is 11.5 Å². The minimum Gasteiger partial charge on any atom is -0.493 e. The van der Waals surface area contributed by atoms with Crippen molar-refractivity contribution in [2.75, 3.05) is 31.7 Å². The number of nitrogens with two attached hydrogens (primary N) is 1. The van der Waals surface area contributed by atoms with Gasteiger partial charge in [-0.15, -0.1) is 12.4 Å². The van der Waals surface area contributed by atoms with Crippen LogP contribution >= 0.6 is 12.4 Å². The van der Waals surface area contributed by atoms with Gasteiger partial charge in [-0.05, 0) is 37.4 Å². The van der Waals surface area contributed by atoms with E-state index < -0.39 is 10.0 Å². The normalized spacial score (nSPS) is 19.4. The molecule has 148 valence electrons. The van der Waals surface area contributed by atoms with Crippen LogP contribution in [0.5, 0.6) is 11.5 Å². The number of ether oxygens (including phenoxy) is 2. The Hall–Kier alpha value is -1.71. The molecule has 1 aromatic rings. The molecular weight excluding hydrogens is 382 g/mol. The molecule has 0 radical (unpaired) electrons. The maximum absolute atomic E-state index is 12.6. The van der Waals surface area contributed by atoms with Gasteiger partial charge < -0.3 is 20.5 Å². The van der Waals surface area contributed by atoms with Crippen molar-refractivity contribution >= 4 is 34.0 Å². The number of carbonyl (C=O) groups is 1. The van der Waals surface area contributed by atoms with E-state index in [4.69, 9.17) is 15.2 Å². The summed E-state index contributed by atoms with van der Waals surface area (Å²) in [5, 5.41) is 2.98. The van der Waals surface area contributed by atoms with Crippen LogP contribution in [-0.4, -0.2) is 47.4 Å². The number of methoxy groups -OCH3 is 2. The van der Waals surface area contributed by atoms with E-state index in [-0.39, 0.29) is 53.0 Å². The van der Waals surface area contributed by atoms with Crippen LogP contribution in [0.25, 0.3) is 0 Å². The average Bonchev–Trinajstić information content (AvgIpc) is 2.99. The number of nitrogens with one attached hydrogen (secondary N) is 2. The molecule has 2 rings (SSSR count). The first kappa shape index (κ1) is 22.3. The second-order valence-corrected chi connectivity index (χ2v) is 7.89. The lowest BCUT2D eigenvalue weighted by molar-refractivity contribution is 0.0928. The Bertz CT molecular complexity index is 742. The quantitative estimate of drug-likeness (QED) is 0.627. The Morgan fingerprint density at radius 2 is 1.96 bits per heavy atom. The molecule has 1 aliphatic rings. The second kappa shape index (κ2) is 9.29. The van der Waals surface area contributed by atoms with Crippen molar-refractivity contribution in [1.82, 2.24) is 5.32 Å². The van der Waals surface area contributed by atoms with E-state index in [1.165, 1.54) is 26.4 Å². The molecule has 0 aromatic heterocycles. The zero-order valence-electron chi connectivity index (χ0n) is 15.1. The largest absolute Gasteiger partial charge is 0.493 e. The van der Waals surface area contributed by atoms with E-state index in [2.05, 4.69) is 10.0 Å². The minimum atomic E-state index is -3.55. The number of anilines is 1. The molecule has 2 unspecified atom stereocenters. The molecule has 1 aromatic carbocycles. The van der Waals surface area contributed by atoms with Crippen LogP contribution < -0.4 is 25.2 Å². The van der Waals surface area contributed by atoms with Gasteiger partial charge >= 0.3 is 0 Å². The van der Waals surface area contributed by atoms with Crippen LogP contribution in [0.2, 0.25) is 0 Å². The van der Waals surface area contributed by atoms with Gasteiger partial charge in [-0.1, -0.05) is 6.42 Å². The fourth-order valence-electron chi connectivity index (χ4n) is 3.13. The SMILES string of the molecule is COc1cc(C(=O)NC2CCCC2CN)cc(NS(C)(=O)=O)c1OC.Cl. The zero-order valence-corrected chi connectivity index (χ0v) is 16.7. The predicted octanol–water partition coefficient (Wildman–Crippen LogP) is 1.35. The number of amides is 1. The number of benzene rings is 1. The van der Waals surface area contributed by atoms with Gasteiger partial charge in [0.25, 0.3) is 5.91 Å². The highest BCUT2D eigenvalue weighted by Gasteiger charge is 2.28. The first-order valence-corrected chi connectivity index (χ1v) is 9.93. The number of halogens is 1. The predicted molar refractivity (Wildman–Crippen MR) is 103 cm³/mol. The van der Waals surface area contributed by atoms with Gasteiger partial charge in [0.05, 0.1) is 26.2 Å². The van der Waals surface area contributed by atoms with Gasteiger partial charge in [0.1, 0.15) is 0 Å². The lowest BCUT2D eigenvalue weighted by Crippen LogP contribution is -2.39. The van der Waals surface area contributed by atoms with Gasteiger partial charge in [0.15, 0.2) is 11.5 Å². The third-order valence-electron chi connectivity index (χ3n) is 4.31. The van der Waals surface area contributed by atoms with Gasteiger partial charge in [-0.25, -0.2) is 8.42 Å². The third-order valence-corrected chi connectivity index (χ3v) is 4.91. The maximum atomic E-state index is 12.6. The number of hydrogen-bond donors (Lipinski definition) is 3. The fourth-order valence-corrected chi connectivity index (χ4v) is 3.68. The van der Waals surface area contributed by atoms with Gasteiger partial charge in [-0.3, -0.25) is 9.52 Å². The second-order valence-electron chi connectivity index (χ2n) is 6.14. The Morgan fingerprint density at radius 1 is 1.27 bits per heavy atom. The summed E-state index contributed by atoms with van der Waals surface area (Å²) < 4.78 is 36.0. The average molecular weight is 408 g/mol.